The van der Waals surface area contributed by atoms with E-state index in [1.165, 1.54) is 98.7 Å². The summed E-state index contributed by atoms with van der Waals surface area (Å²) in [5.74, 6) is 0.976. The number of hydrogen-bond acceptors (Lipinski definition) is 2. The number of anilines is 3. The van der Waals surface area contributed by atoms with Crippen LogP contribution in [0.2, 0.25) is 0 Å². The smallest absolute Gasteiger partial charge is 0.135 e. The average Bonchev–Trinajstić information content (AvgIpc) is 4.06. The van der Waals surface area contributed by atoms with Crippen LogP contribution in [-0.2, 0) is 5.41 Å². The Kier molecular flexibility index (Phi) is 8.61. The number of nitrogens with zero attached hydrogens (tertiary/aromatic N) is 1. The fourth-order valence-electron chi connectivity index (χ4n) is 12.4. The van der Waals surface area contributed by atoms with Crippen LogP contribution in [0.25, 0.3) is 88.0 Å². The molecule has 1 unspecified atom stereocenters. The van der Waals surface area contributed by atoms with Crippen LogP contribution in [0.4, 0.5) is 17.1 Å². The molecule has 1 spiro atoms. The highest BCUT2D eigenvalue weighted by atomic mass is 16.3. The predicted molar refractivity (Wildman–Crippen MR) is 297 cm³/mol. The zero-order valence-corrected chi connectivity index (χ0v) is 38.7. The maximum Gasteiger partial charge on any atom is 0.135 e. The lowest BCUT2D eigenvalue weighted by Gasteiger charge is -2.31. The van der Waals surface area contributed by atoms with Gasteiger partial charge in [-0.2, -0.15) is 0 Å². The van der Waals surface area contributed by atoms with Gasteiger partial charge in [0.15, 0.2) is 0 Å². The molecule has 2 heteroatoms. The zero-order valence-electron chi connectivity index (χ0n) is 38.7. The molecule has 330 valence electrons. The molecule has 2 aliphatic carbocycles. The van der Waals surface area contributed by atoms with Crippen LogP contribution in [0.3, 0.4) is 0 Å². The first-order valence-corrected chi connectivity index (χ1v) is 24.6. The number of rotatable bonds is 6. The molecular weight excluding hydrogens is 859 g/mol. The van der Waals surface area contributed by atoms with Crippen molar-refractivity contribution in [2.24, 2.45) is 0 Å². The number of para-hydroxylation sites is 2. The minimum absolute atomic E-state index is 0.758. The summed E-state index contributed by atoms with van der Waals surface area (Å²) in [6.45, 7) is 0. The van der Waals surface area contributed by atoms with Crippen LogP contribution in [0.15, 0.2) is 259 Å². The van der Waals surface area contributed by atoms with Crippen LogP contribution in [0, 0.1) is 0 Å². The molecule has 0 amide bonds. The monoisotopic (exact) mass is 901 g/mol. The molecule has 12 aromatic carbocycles. The SMILES string of the molecule is C(=C(c1ccccc1)c1cc2ccccc2c2ccccc12)c1ccc2c(c1)C1(c3ccccc3-c3ccc(N(c4ccccc4)c4cc5ccccc5c5ccccc45)cc31)c1oc3ccccc3c1-2. The predicted octanol–water partition coefficient (Wildman–Crippen LogP) is 18.4. The fourth-order valence-corrected chi connectivity index (χ4v) is 12.4. The van der Waals surface area contributed by atoms with Crippen molar-refractivity contribution >= 4 is 82.8 Å². The molecule has 0 radical (unpaired) electrons. The standard InChI is InChI=1S/C69H43NO/c1-3-19-45(20-4-1)60(61-41-46-21-7-9-25-50(46)52-27-11-12-29-54(52)61)39-44-35-37-58-63(40-44)69(68-67(58)59-32-16-18-34-66(59)71-68)62-33-17-15-30-55(62)56-38-36-49(43-64(56)69)70(48-23-5-2-6-24-48)65-42-47-22-8-10-26-51(47)53-28-13-14-31-57(53)65/h1-43H. The molecule has 0 bridgehead atoms. The van der Waals surface area contributed by atoms with Gasteiger partial charge in [-0.1, -0.05) is 206 Å². The zero-order chi connectivity index (χ0) is 46.6. The van der Waals surface area contributed by atoms with Gasteiger partial charge >= 0.3 is 0 Å². The molecule has 15 rings (SSSR count). The lowest BCUT2D eigenvalue weighted by Crippen LogP contribution is -2.26. The van der Waals surface area contributed by atoms with Gasteiger partial charge in [0, 0.05) is 27.7 Å². The second kappa shape index (κ2) is 15.4. The first kappa shape index (κ1) is 39.7. The second-order valence-corrected chi connectivity index (χ2v) is 19.1. The quantitative estimate of drug-likeness (QED) is 0.122. The molecule has 1 heterocycles. The molecule has 2 nitrogen and oxygen atoms in total. The molecule has 0 saturated heterocycles. The van der Waals surface area contributed by atoms with E-state index in [0.29, 0.717) is 0 Å². The Morgan fingerprint density at radius 3 is 1.72 bits per heavy atom. The average molecular weight is 902 g/mol. The van der Waals surface area contributed by atoms with E-state index >= 15 is 0 Å². The van der Waals surface area contributed by atoms with Crippen LogP contribution >= 0.6 is 0 Å². The van der Waals surface area contributed by atoms with Crippen LogP contribution in [0.1, 0.15) is 39.1 Å². The Balaban J connectivity index is 1.01. The van der Waals surface area contributed by atoms with Crippen molar-refractivity contribution in [3.63, 3.8) is 0 Å². The normalized spacial score (nSPS) is 14.6. The van der Waals surface area contributed by atoms with E-state index in [0.717, 1.165) is 39.4 Å². The van der Waals surface area contributed by atoms with Gasteiger partial charge in [0.1, 0.15) is 16.8 Å². The third kappa shape index (κ3) is 5.77. The van der Waals surface area contributed by atoms with Gasteiger partial charge in [0.05, 0.1) is 5.69 Å². The fraction of sp³-hybridized carbons (Fsp3) is 0.0145. The molecule has 71 heavy (non-hydrogen) atoms. The molecule has 0 saturated carbocycles. The maximum atomic E-state index is 7.34. The Morgan fingerprint density at radius 1 is 0.380 bits per heavy atom. The highest BCUT2D eigenvalue weighted by Gasteiger charge is 2.55. The number of hydrogen-bond donors (Lipinski definition) is 0. The third-order valence-corrected chi connectivity index (χ3v) is 15.4. The number of benzene rings is 12. The van der Waals surface area contributed by atoms with Crippen LogP contribution in [0.5, 0.6) is 0 Å². The Bertz CT molecular complexity index is 4350. The van der Waals surface area contributed by atoms with E-state index in [1.807, 2.05) is 0 Å². The Morgan fingerprint density at radius 2 is 0.944 bits per heavy atom. The van der Waals surface area contributed by atoms with Crippen molar-refractivity contribution in [3.05, 3.63) is 294 Å². The van der Waals surface area contributed by atoms with Crippen LogP contribution < -0.4 is 4.90 Å². The third-order valence-electron chi connectivity index (χ3n) is 15.4. The first-order valence-electron chi connectivity index (χ1n) is 24.6. The van der Waals surface area contributed by atoms with Gasteiger partial charge in [0.25, 0.3) is 0 Å². The number of fused-ring (bicyclic) bond motifs is 18. The van der Waals surface area contributed by atoms with Gasteiger partial charge < -0.3 is 9.32 Å². The van der Waals surface area contributed by atoms with Crippen molar-refractivity contribution in [2.75, 3.05) is 4.90 Å². The van der Waals surface area contributed by atoms with E-state index in [-0.39, 0.29) is 0 Å². The number of furan rings is 1. The van der Waals surface area contributed by atoms with E-state index in [4.69, 9.17) is 4.42 Å². The van der Waals surface area contributed by atoms with Crippen molar-refractivity contribution in [2.45, 2.75) is 5.41 Å². The molecule has 1 atom stereocenters. The van der Waals surface area contributed by atoms with E-state index in [1.54, 1.807) is 0 Å². The van der Waals surface area contributed by atoms with Gasteiger partial charge in [-0.05, 0) is 148 Å². The molecule has 0 aliphatic heterocycles. The summed E-state index contributed by atoms with van der Waals surface area (Å²) in [6.07, 6.45) is 2.41. The highest BCUT2D eigenvalue weighted by Crippen LogP contribution is 2.65. The second-order valence-electron chi connectivity index (χ2n) is 19.1. The largest absolute Gasteiger partial charge is 0.459 e. The van der Waals surface area contributed by atoms with E-state index < -0.39 is 5.41 Å². The molecule has 13 aromatic rings. The molecular formula is C69H43NO. The van der Waals surface area contributed by atoms with Crippen LogP contribution in [-0.4, -0.2) is 0 Å². The van der Waals surface area contributed by atoms with E-state index in [2.05, 4.69) is 266 Å². The summed E-state index contributed by atoms with van der Waals surface area (Å²) in [5.41, 5.74) is 16.6. The maximum absolute atomic E-state index is 7.34. The van der Waals surface area contributed by atoms with Gasteiger partial charge in [-0.25, -0.2) is 0 Å². The van der Waals surface area contributed by atoms with Crippen molar-refractivity contribution in [1.82, 2.24) is 0 Å². The Hall–Kier alpha value is -9.24. The molecule has 0 N–H and O–H groups in total. The summed E-state index contributed by atoms with van der Waals surface area (Å²) < 4.78 is 7.34. The van der Waals surface area contributed by atoms with Crippen molar-refractivity contribution < 1.29 is 4.42 Å². The molecule has 2 aliphatic rings. The van der Waals surface area contributed by atoms with Gasteiger partial charge in [0.2, 0.25) is 0 Å². The summed E-state index contributed by atoms with van der Waals surface area (Å²) in [5, 5.41) is 11.0. The summed E-state index contributed by atoms with van der Waals surface area (Å²) in [7, 11) is 0. The summed E-state index contributed by atoms with van der Waals surface area (Å²) in [6, 6.07) is 93.6. The molecule has 0 fully saturated rings. The lowest BCUT2D eigenvalue weighted by atomic mass is 9.72. The van der Waals surface area contributed by atoms with E-state index in [9.17, 15) is 0 Å². The van der Waals surface area contributed by atoms with Gasteiger partial charge in [-0.15, -0.1) is 0 Å². The highest BCUT2D eigenvalue weighted by molar-refractivity contribution is 6.16. The minimum Gasteiger partial charge on any atom is -0.459 e. The van der Waals surface area contributed by atoms with Crippen molar-refractivity contribution in [3.8, 4) is 22.3 Å². The molecule has 1 aromatic heterocycles. The lowest BCUT2D eigenvalue weighted by molar-refractivity contribution is 0.507. The minimum atomic E-state index is -0.758. The first-order chi connectivity index (χ1) is 35.2. The summed E-state index contributed by atoms with van der Waals surface area (Å²) in [4.78, 5) is 2.46. The van der Waals surface area contributed by atoms with Gasteiger partial charge in [-0.3, -0.25) is 0 Å². The summed E-state index contributed by atoms with van der Waals surface area (Å²) >= 11 is 0. The topological polar surface area (TPSA) is 16.4 Å². The Labute approximate surface area is 411 Å². The van der Waals surface area contributed by atoms with Crippen molar-refractivity contribution in [1.29, 1.82) is 0 Å².